The van der Waals surface area contributed by atoms with E-state index in [0.717, 1.165) is 55.4 Å². The minimum Gasteiger partial charge on any atom is -0.507 e. The zero-order valence-corrected chi connectivity index (χ0v) is 30.9. The second-order valence-electron chi connectivity index (χ2n) is 15.2. The number of para-hydroxylation sites is 2. The first-order valence-electron chi connectivity index (χ1n) is 18.0. The summed E-state index contributed by atoms with van der Waals surface area (Å²) in [6, 6.07) is 42.6. The van der Waals surface area contributed by atoms with Crippen molar-refractivity contribution >= 4 is 21.9 Å². The van der Waals surface area contributed by atoms with Crippen LogP contribution in [0.5, 0.6) is 5.75 Å². The summed E-state index contributed by atoms with van der Waals surface area (Å²) in [6.07, 6.45) is 1.88. The van der Waals surface area contributed by atoms with Gasteiger partial charge in [-0.1, -0.05) is 93.1 Å². The van der Waals surface area contributed by atoms with Gasteiger partial charge in [-0.25, -0.2) is 4.98 Å². The lowest BCUT2D eigenvalue weighted by Gasteiger charge is -2.19. The summed E-state index contributed by atoms with van der Waals surface area (Å²) in [4.78, 5) is 10.2. The van der Waals surface area contributed by atoms with Gasteiger partial charge in [0.05, 0.1) is 22.1 Å². The SMILES string of the molecule is Cc1cc(-c2cc(-c3c(C)cc(C)cc3C)cc3cccnc23)cc(-c2cccc3c2nc(-c2ccccc2O)n3-c2ccc(C(C)(C)C)cc2)c1. The Balaban J connectivity index is 1.35. The number of phenols is 1. The number of aryl methyl sites for hydroxylation is 4. The Morgan fingerprint density at radius 1 is 0.577 bits per heavy atom. The molecule has 256 valence electrons. The molecular weight excluding hydrogens is 635 g/mol. The van der Waals surface area contributed by atoms with Gasteiger partial charge in [-0.15, -0.1) is 0 Å². The second kappa shape index (κ2) is 12.6. The molecule has 4 heteroatoms. The highest BCUT2D eigenvalue weighted by Crippen LogP contribution is 2.41. The number of nitrogens with zero attached hydrogens (tertiary/aromatic N) is 3. The van der Waals surface area contributed by atoms with Gasteiger partial charge in [0.2, 0.25) is 0 Å². The van der Waals surface area contributed by atoms with E-state index in [-0.39, 0.29) is 11.2 Å². The van der Waals surface area contributed by atoms with E-state index in [1.165, 1.54) is 33.4 Å². The molecule has 0 fully saturated rings. The molecule has 0 aliphatic carbocycles. The lowest BCUT2D eigenvalue weighted by atomic mass is 9.87. The van der Waals surface area contributed by atoms with E-state index < -0.39 is 0 Å². The summed E-state index contributed by atoms with van der Waals surface area (Å²) in [5.74, 6) is 0.895. The van der Waals surface area contributed by atoms with Crippen LogP contribution < -0.4 is 0 Å². The van der Waals surface area contributed by atoms with Gasteiger partial charge in [0.15, 0.2) is 0 Å². The maximum atomic E-state index is 11.1. The van der Waals surface area contributed by atoms with Gasteiger partial charge in [0, 0.05) is 28.4 Å². The number of phenolic OH excluding ortho intramolecular Hbond substituents is 1. The van der Waals surface area contributed by atoms with Crippen molar-refractivity contribution < 1.29 is 5.11 Å². The number of aromatic nitrogens is 3. The Morgan fingerprint density at radius 3 is 1.96 bits per heavy atom. The predicted octanol–water partition coefficient (Wildman–Crippen LogP) is 12.5. The zero-order chi connectivity index (χ0) is 36.3. The molecule has 0 bridgehead atoms. The Kier molecular flexibility index (Phi) is 8.06. The largest absolute Gasteiger partial charge is 0.507 e. The molecule has 0 spiro atoms. The van der Waals surface area contributed by atoms with E-state index >= 15 is 0 Å². The number of aromatic hydroxyl groups is 1. The van der Waals surface area contributed by atoms with E-state index in [0.29, 0.717) is 11.4 Å². The first-order chi connectivity index (χ1) is 25.0. The zero-order valence-electron chi connectivity index (χ0n) is 30.9. The summed E-state index contributed by atoms with van der Waals surface area (Å²) in [5, 5.41) is 12.2. The molecule has 4 nitrogen and oxygen atoms in total. The number of hydrogen-bond acceptors (Lipinski definition) is 3. The maximum Gasteiger partial charge on any atom is 0.149 e. The predicted molar refractivity (Wildman–Crippen MR) is 217 cm³/mol. The van der Waals surface area contributed by atoms with Gasteiger partial charge < -0.3 is 5.11 Å². The summed E-state index contributed by atoms with van der Waals surface area (Å²) in [7, 11) is 0. The Morgan fingerprint density at radius 2 is 1.25 bits per heavy atom. The molecule has 1 N–H and O–H groups in total. The fourth-order valence-corrected chi connectivity index (χ4v) is 7.83. The average molecular weight is 678 g/mol. The molecule has 8 aromatic rings. The molecule has 0 aliphatic heterocycles. The topological polar surface area (TPSA) is 50.9 Å². The van der Waals surface area contributed by atoms with Crippen molar-refractivity contribution in [2.24, 2.45) is 0 Å². The summed E-state index contributed by atoms with van der Waals surface area (Å²) in [6.45, 7) is 15.4. The molecule has 52 heavy (non-hydrogen) atoms. The quantitative estimate of drug-likeness (QED) is 0.197. The molecule has 0 saturated heterocycles. The van der Waals surface area contributed by atoms with Crippen molar-refractivity contribution in [2.75, 3.05) is 0 Å². The minimum atomic E-state index is 0.0320. The minimum absolute atomic E-state index is 0.0320. The maximum absolute atomic E-state index is 11.1. The van der Waals surface area contributed by atoms with Gasteiger partial charge in [0.1, 0.15) is 11.6 Å². The van der Waals surface area contributed by atoms with E-state index in [9.17, 15) is 5.11 Å². The second-order valence-corrected chi connectivity index (χ2v) is 15.2. The summed E-state index contributed by atoms with van der Waals surface area (Å²) < 4.78 is 2.17. The Bertz CT molecular complexity index is 2630. The van der Waals surface area contributed by atoms with Gasteiger partial charge in [0.25, 0.3) is 0 Å². The fourth-order valence-electron chi connectivity index (χ4n) is 7.83. The van der Waals surface area contributed by atoms with Crippen LogP contribution in [0.3, 0.4) is 0 Å². The highest BCUT2D eigenvalue weighted by molar-refractivity contribution is 6.01. The third kappa shape index (κ3) is 5.84. The van der Waals surface area contributed by atoms with Crippen LogP contribution in [0.4, 0.5) is 0 Å². The molecule has 0 amide bonds. The van der Waals surface area contributed by atoms with Crippen molar-refractivity contribution in [1.82, 2.24) is 14.5 Å². The van der Waals surface area contributed by atoms with Crippen LogP contribution in [0.1, 0.15) is 48.6 Å². The third-order valence-corrected chi connectivity index (χ3v) is 10.2. The number of imidazole rings is 1. The van der Waals surface area contributed by atoms with E-state index in [1.807, 2.05) is 30.5 Å². The number of pyridine rings is 1. The molecule has 0 atom stereocenters. The number of benzene rings is 6. The van der Waals surface area contributed by atoms with Gasteiger partial charge in [-0.2, -0.15) is 0 Å². The normalized spacial score (nSPS) is 11.8. The standard InChI is InChI=1S/C48H43N3O/c1-29-22-31(3)44(32(4)23-29)36-26-33-12-11-21-49-45(33)41(28-36)35-25-30(2)24-34(27-35)39-14-10-15-42-46(39)50-47(40-13-8-9-16-43(40)52)51(42)38-19-17-37(18-20-38)48(5,6)7/h8-28,52H,1-7H3. The third-order valence-electron chi connectivity index (χ3n) is 10.2. The first kappa shape index (κ1) is 33.2. The molecule has 0 radical (unpaired) electrons. The van der Waals surface area contributed by atoms with Crippen LogP contribution in [0.15, 0.2) is 128 Å². The molecule has 6 aromatic carbocycles. The molecule has 2 aromatic heterocycles. The number of rotatable bonds is 5. The van der Waals surface area contributed by atoms with Crippen molar-refractivity contribution in [3.63, 3.8) is 0 Å². The molecule has 0 saturated carbocycles. The highest BCUT2D eigenvalue weighted by Gasteiger charge is 2.21. The Labute approximate surface area is 306 Å². The summed E-state index contributed by atoms with van der Waals surface area (Å²) in [5.41, 5.74) is 17.5. The lowest BCUT2D eigenvalue weighted by Crippen LogP contribution is -2.11. The number of fused-ring (bicyclic) bond motifs is 2. The van der Waals surface area contributed by atoms with Gasteiger partial charge in [-0.05, 0) is 132 Å². The van der Waals surface area contributed by atoms with Gasteiger partial charge in [-0.3, -0.25) is 9.55 Å². The first-order valence-corrected chi connectivity index (χ1v) is 18.0. The smallest absolute Gasteiger partial charge is 0.149 e. The van der Waals surface area contributed by atoms with Crippen LogP contribution in [0, 0.1) is 27.7 Å². The van der Waals surface area contributed by atoms with Crippen molar-refractivity contribution in [3.8, 4) is 56.2 Å². The van der Waals surface area contributed by atoms with Crippen molar-refractivity contribution in [1.29, 1.82) is 0 Å². The van der Waals surface area contributed by atoms with Crippen LogP contribution in [0.25, 0.3) is 72.4 Å². The molecule has 0 unspecified atom stereocenters. The lowest BCUT2D eigenvalue weighted by molar-refractivity contribution is 0.477. The van der Waals surface area contributed by atoms with Crippen LogP contribution in [-0.4, -0.2) is 19.6 Å². The van der Waals surface area contributed by atoms with E-state index in [4.69, 9.17) is 9.97 Å². The van der Waals surface area contributed by atoms with Crippen molar-refractivity contribution in [2.45, 2.75) is 53.9 Å². The monoisotopic (exact) mass is 677 g/mol. The van der Waals surface area contributed by atoms with E-state index in [2.05, 4.69) is 144 Å². The van der Waals surface area contributed by atoms with Crippen LogP contribution >= 0.6 is 0 Å². The van der Waals surface area contributed by atoms with E-state index in [1.54, 1.807) is 6.07 Å². The molecule has 2 heterocycles. The van der Waals surface area contributed by atoms with Crippen LogP contribution in [0.2, 0.25) is 0 Å². The van der Waals surface area contributed by atoms with Crippen molar-refractivity contribution in [3.05, 3.63) is 155 Å². The molecular formula is C48H43N3O. The number of hydrogen-bond donors (Lipinski definition) is 1. The fraction of sp³-hybridized carbons (Fsp3) is 0.167. The average Bonchev–Trinajstić information content (AvgIpc) is 3.50. The summed E-state index contributed by atoms with van der Waals surface area (Å²) >= 11 is 0. The molecule has 8 rings (SSSR count). The van der Waals surface area contributed by atoms with Gasteiger partial charge >= 0.3 is 0 Å². The molecule has 0 aliphatic rings. The Hall–Kier alpha value is -6.00. The van der Waals surface area contributed by atoms with Crippen LogP contribution in [-0.2, 0) is 5.41 Å². The highest BCUT2D eigenvalue weighted by atomic mass is 16.3.